The molecule has 0 saturated heterocycles. The third-order valence-electron chi connectivity index (χ3n) is 1.94. The second kappa shape index (κ2) is 3.75. The van der Waals surface area contributed by atoms with Gasteiger partial charge in [-0.1, -0.05) is 6.07 Å². The highest BCUT2D eigenvalue weighted by molar-refractivity contribution is 5.99. The highest BCUT2D eigenvalue weighted by Gasteiger charge is 2.25. The summed E-state index contributed by atoms with van der Waals surface area (Å²) in [6, 6.07) is 4.39. The minimum Gasteiger partial charge on any atom is -0.365 e. The van der Waals surface area contributed by atoms with Crippen LogP contribution in [0.3, 0.4) is 0 Å². The third-order valence-corrected chi connectivity index (χ3v) is 1.94. The predicted octanol–water partition coefficient (Wildman–Crippen LogP) is 0.874. The molecule has 1 aromatic carbocycles. The van der Waals surface area contributed by atoms with Crippen LogP contribution in [-0.4, -0.2) is 10.8 Å². The van der Waals surface area contributed by atoms with Gasteiger partial charge in [0.1, 0.15) is 17.2 Å². The molecule has 0 fully saturated rings. The molecule has 1 rings (SSSR count). The van der Waals surface area contributed by atoms with Crippen LogP contribution >= 0.6 is 0 Å². The number of carbonyl (C=O) groups is 1. The zero-order chi connectivity index (χ0) is 11.6. The number of benzene rings is 1. The highest BCUT2D eigenvalue weighted by Crippen LogP contribution is 2.25. The number of nitrogens with two attached hydrogens (primary N) is 1. The molecule has 2 N–H and O–H groups in total. The van der Waals surface area contributed by atoms with Crippen LogP contribution in [0.5, 0.6) is 0 Å². The summed E-state index contributed by atoms with van der Waals surface area (Å²) < 4.78 is 0. The fourth-order valence-electron chi connectivity index (χ4n) is 1.28. The Bertz CT molecular complexity index is 488. The molecule has 76 valence electrons. The van der Waals surface area contributed by atoms with Gasteiger partial charge in [-0.2, -0.15) is 5.26 Å². The molecule has 0 radical (unpaired) electrons. The maximum atomic E-state index is 11.0. The lowest BCUT2D eigenvalue weighted by Crippen LogP contribution is -2.16. The molecule has 0 spiro atoms. The lowest BCUT2D eigenvalue weighted by atomic mass is 10.0. The number of hydrogen-bond donors (Lipinski definition) is 1. The van der Waals surface area contributed by atoms with Gasteiger partial charge >= 0.3 is 0 Å². The van der Waals surface area contributed by atoms with E-state index in [1.165, 1.54) is 19.1 Å². The molecular weight excluding hydrogens is 198 g/mol. The van der Waals surface area contributed by atoms with Gasteiger partial charge in [0.2, 0.25) is 0 Å². The Morgan fingerprint density at radius 1 is 1.60 bits per heavy atom. The van der Waals surface area contributed by atoms with Gasteiger partial charge in [-0.25, -0.2) is 0 Å². The van der Waals surface area contributed by atoms with E-state index in [1.807, 2.05) is 0 Å². The van der Waals surface area contributed by atoms with Gasteiger partial charge in [-0.05, 0) is 18.6 Å². The standard InChI is InChI=1S/C9H7N3O3/c1-5-2-3-6(4-10)8(12(14)15)7(5)9(11)13/h2-3H,1H3,(H2,11,13). The number of carbonyl (C=O) groups excluding carboxylic acids is 1. The molecule has 0 aliphatic carbocycles. The predicted molar refractivity (Wildman–Crippen MR) is 51.1 cm³/mol. The van der Waals surface area contributed by atoms with Crippen molar-refractivity contribution in [3.05, 3.63) is 38.9 Å². The number of nitro groups is 1. The second-order valence-corrected chi connectivity index (χ2v) is 2.89. The molecule has 0 aliphatic rings. The summed E-state index contributed by atoms with van der Waals surface area (Å²) in [5.74, 6) is -0.906. The van der Waals surface area contributed by atoms with E-state index in [4.69, 9.17) is 11.0 Å². The van der Waals surface area contributed by atoms with Crippen LogP contribution in [0.15, 0.2) is 12.1 Å². The molecule has 0 atom stereocenters. The maximum absolute atomic E-state index is 11.0. The van der Waals surface area contributed by atoms with Crippen LogP contribution in [0.4, 0.5) is 5.69 Å². The van der Waals surface area contributed by atoms with Crippen molar-refractivity contribution < 1.29 is 9.72 Å². The Labute approximate surface area is 85.1 Å². The number of aryl methyl sites for hydroxylation is 1. The summed E-state index contributed by atoms with van der Waals surface area (Å²) in [7, 11) is 0. The van der Waals surface area contributed by atoms with E-state index in [1.54, 1.807) is 6.07 Å². The third kappa shape index (κ3) is 1.76. The molecule has 6 heteroatoms. The number of amides is 1. The molecule has 0 saturated carbocycles. The van der Waals surface area contributed by atoms with Crippen LogP contribution in [0.2, 0.25) is 0 Å². The zero-order valence-electron chi connectivity index (χ0n) is 7.85. The summed E-state index contributed by atoms with van der Waals surface area (Å²) in [4.78, 5) is 21.0. The van der Waals surface area contributed by atoms with Crippen molar-refractivity contribution in [3.63, 3.8) is 0 Å². The minimum absolute atomic E-state index is 0.167. The van der Waals surface area contributed by atoms with E-state index >= 15 is 0 Å². The Hall–Kier alpha value is -2.42. The molecule has 6 nitrogen and oxygen atoms in total. The lowest BCUT2D eigenvalue weighted by molar-refractivity contribution is -0.385. The van der Waals surface area contributed by atoms with Crippen molar-refractivity contribution in [1.29, 1.82) is 5.26 Å². The molecule has 15 heavy (non-hydrogen) atoms. The van der Waals surface area contributed by atoms with Crippen molar-refractivity contribution in [2.24, 2.45) is 5.73 Å². The quantitative estimate of drug-likeness (QED) is 0.570. The van der Waals surface area contributed by atoms with Gasteiger partial charge in [-0.15, -0.1) is 0 Å². The van der Waals surface area contributed by atoms with E-state index in [0.717, 1.165) is 0 Å². The van der Waals surface area contributed by atoms with E-state index in [0.29, 0.717) is 5.56 Å². The van der Waals surface area contributed by atoms with Crippen molar-refractivity contribution in [2.75, 3.05) is 0 Å². The van der Waals surface area contributed by atoms with Crippen LogP contribution < -0.4 is 5.73 Å². The maximum Gasteiger partial charge on any atom is 0.300 e. The SMILES string of the molecule is Cc1ccc(C#N)c([N+](=O)[O-])c1C(N)=O. The Morgan fingerprint density at radius 2 is 2.20 bits per heavy atom. The molecule has 0 bridgehead atoms. The molecule has 0 aliphatic heterocycles. The number of rotatable bonds is 2. The van der Waals surface area contributed by atoms with Crippen LogP contribution in [0.1, 0.15) is 21.5 Å². The molecule has 0 heterocycles. The molecule has 1 aromatic rings. The fraction of sp³-hybridized carbons (Fsp3) is 0.111. The summed E-state index contributed by atoms with van der Waals surface area (Å²) in [5, 5.41) is 19.4. The van der Waals surface area contributed by atoms with Gasteiger partial charge in [0.05, 0.1) is 4.92 Å². The Kier molecular flexibility index (Phi) is 2.67. The van der Waals surface area contributed by atoms with Crippen molar-refractivity contribution in [3.8, 4) is 6.07 Å². The molecule has 1 amide bonds. The van der Waals surface area contributed by atoms with Crippen LogP contribution in [-0.2, 0) is 0 Å². The fourth-order valence-corrected chi connectivity index (χ4v) is 1.28. The second-order valence-electron chi connectivity index (χ2n) is 2.89. The van der Waals surface area contributed by atoms with Crippen molar-refractivity contribution >= 4 is 11.6 Å². The largest absolute Gasteiger partial charge is 0.365 e. The summed E-state index contributed by atoms with van der Waals surface area (Å²) in [5.41, 5.74) is 4.51. The van der Waals surface area contributed by atoms with Gasteiger partial charge in [0.15, 0.2) is 0 Å². The zero-order valence-corrected chi connectivity index (χ0v) is 7.85. The topological polar surface area (TPSA) is 110 Å². The monoisotopic (exact) mass is 205 g/mol. The smallest absolute Gasteiger partial charge is 0.300 e. The first-order valence-corrected chi connectivity index (χ1v) is 3.97. The number of nitrogens with zero attached hydrogens (tertiary/aromatic N) is 2. The Morgan fingerprint density at radius 3 is 2.60 bits per heavy atom. The number of hydrogen-bond acceptors (Lipinski definition) is 4. The first kappa shape index (κ1) is 10.7. The van der Waals surface area contributed by atoms with E-state index in [-0.39, 0.29) is 11.1 Å². The Balaban J connectivity index is 3.68. The highest BCUT2D eigenvalue weighted by atomic mass is 16.6. The molecule has 0 unspecified atom stereocenters. The average Bonchev–Trinajstić information content (AvgIpc) is 2.16. The number of primary amides is 1. The number of nitro benzene ring substituents is 1. The summed E-state index contributed by atoms with van der Waals surface area (Å²) >= 11 is 0. The molecule has 0 aromatic heterocycles. The van der Waals surface area contributed by atoms with Crippen molar-refractivity contribution in [2.45, 2.75) is 6.92 Å². The van der Waals surface area contributed by atoms with Crippen LogP contribution in [0, 0.1) is 28.4 Å². The number of nitriles is 1. The van der Waals surface area contributed by atoms with Gasteiger partial charge in [0.25, 0.3) is 11.6 Å². The first-order chi connectivity index (χ1) is 6.99. The average molecular weight is 205 g/mol. The van der Waals surface area contributed by atoms with Crippen LogP contribution in [0.25, 0.3) is 0 Å². The van der Waals surface area contributed by atoms with Gasteiger partial charge < -0.3 is 5.73 Å². The van der Waals surface area contributed by atoms with E-state index < -0.39 is 16.5 Å². The lowest BCUT2D eigenvalue weighted by Gasteiger charge is -2.03. The summed E-state index contributed by atoms with van der Waals surface area (Å²) in [6.07, 6.45) is 0. The summed E-state index contributed by atoms with van der Waals surface area (Å²) in [6.45, 7) is 1.52. The van der Waals surface area contributed by atoms with Crippen molar-refractivity contribution in [1.82, 2.24) is 0 Å². The minimum atomic E-state index is -0.906. The normalized spacial score (nSPS) is 9.33. The van der Waals surface area contributed by atoms with E-state index in [2.05, 4.69) is 0 Å². The van der Waals surface area contributed by atoms with E-state index in [9.17, 15) is 14.9 Å². The first-order valence-electron chi connectivity index (χ1n) is 3.97. The van der Waals surface area contributed by atoms with Gasteiger partial charge in [-0.3, -0.25) is 14.9 Å². The van der Waals surface area contributed by atoms with Gasteiger partial charge in [0, 0.05) is 0 Å². The molecular formula is C9H7N3O3.